The quantitative estimate of drug-likeness (QED) is 0.518. The fourth-order valence-corrected chi connectivity index (χ4v) is 2.73. The highest BCUT2D eigenvalue weighted by molar-refractivity contribution is 6.30. The van der Waals surface area contributed by atoms with E-state index in [1.807, 2.05) is 54.6 Å². The fourth-order valence-electron chi connectivity index (χ4n) is 2.52. The number of carbonyl (C=O) groups is 2. The molecule has 1 atom stereocenters. The smallest absolute Gasteiger partial charge is 0.316 e. The highest BCUT2D eigenvalue weighted by Crippen LogP contribution is 2.17. The number of aryl methyl sites for hydroxylation is 1. The molecule has 0 spiro atoms. The number of Topliss-reactive ketones (excluding diaryl/α,β-unsaturated/α-hetero) is 1. The molecule has 0 aliphatic carbocycles. The summed E-state index contributed by atoms with van der Waals surface area (Å²) >= 11 is 5.96. The number of benzene rings is 2. The minimum Gasteiger partial charge on any atom is -0.460 e. The zero-order valence-corrected chi connectivity index (χ0v) is 14.5. The van der Waals surface area contributed by atoms with Crippen LogP contribution in [-0.2, 0) is 27.4 Å². The number of esters is 1. The average Bonchev–Trinajstić information content (AvgIpc) is 2.57. The molecule has 0 N–H and O–H groups in total. The first-order chi connectivity index (χ1) is 11.6. The van der Waals surface area contributed by atoms with Crippen LogP contribution in [0.15, 0.2) is 54.6 Å². The van der Waals surface area contributed by atoms with Gasteiger partial charge in [-0.05, 0) is 49.4 Å². The molecular formula is C20H21ClO3. The molecule has 4 heteroatoms. The van der Waals surface area contributed by atoms with E-state index in [2.05, 4.69) is 0 Å². The van der Waals surface area contributed by atoms with E-state index in [-0.39, 0.29) is 12.4 Å². The van der Waals surface area contributed by atoms with Gasteiger partial charge in [0.25, 0.3) is 0 Å². The maximum absolute atomic E-state index is 12.2. The zero-order valence-electron chi connectivity index (χ0n) is 13.7. The highest BCUT2D eigenvalue weighted by atomic mass is 35.5. The van der Waals surface area contributed by atoms with Crippen molar-refractivity contribution in [3.63, 3.8) is 0 Å². The highest BCUT2D eigenvalue weighted by Gasteiger charge is 2.24. The van der Waals surface area contributed by atoms with E-state index >= 15 is 0 Å². The Labute approximate surface area is 147 Å². The molecule has 0 aliphatic rings. The van der Waals surface area contributed by atoms with Crippen molar-refractivity contribution < 1.29 is 14.3 Å². The minimum absolute atomic E-state index is 0.154. The first-order valence-electron chi connectivity index (χ1n) is 8.01. The topological polar surface area (TPSA) is 43.4 Å². The van der Waals surface area contributed by atoms with Crippen molar-refractivity contribution in [2.75, 3.05) is 0 Å². The van der Waals surface area contributed by atoms with Crippen LogP contribution in [-0.4, -0.2) is 11.8 Å². The van der Waals surface area contributed by atoms with Crippen molar-refractivity contribution in [1.82, 2.24) is 0 Å². The van der Waals surface area contributed by atoms with E-state index < -0.39 is 11.9 Å². The Kier molecular flexibility index (Phi) is 7.01. The van der Waals surface area contributed by atoms with Crippen molar-refractivity contribution in [3.8, 4) is 0 Å². The molecule has 0 amide bonds. The molecule has 0 saturated carbocycles. The van der Waals surface area contributed by atoms with E-state index in [9.17, 15) is 9.59 Å². The van der Waals surface area contributed by atoms with E-state index in [1.54, 1.807) is 0 Å². The molecule has 0 aliphatic heterocycles. The summed E-state index contributed by atoms with van der Waals surface area (Å²) in [5.74, 6) is -1.30. The largest absolute Gasteiger partial charge is 0.460 e. The van der Waals surface area contributed by atoms with Crippen molar-refractivity contribution in [1.29, 1.82) is 0 Å². The van der Waals surface area contributed by atoms with Gasteiger partial charge in [0.15, 0.2) is 0 Å². The van der Waals surface area contributed by atoms with Crippen LogP contribution in [0.25, 0.3) is 0 Å². The van der Waals surface area contributed by atoms with Crippen LogP contribution >= 0.6 is 11.6 Å². The summed E-state index contributed by atoms with van der Waals surface area (Å²) in [4.78, 5) is 24.0. The lowest BCUT2D eigenvalue weighted by atomic mass is 9.96. The lowest BCUT2D eigenvalue weighted by molar-refractivity contribution is -0.153. The van der Waals surface area contributed by atoms with Gasteiger partial charge in [0.05, 0.1) is 0 Å². The summed E-state index contributed by atoms with van der Waals surface area (Å²) in [6.07, 6.45) is 1.98. The number of ketones is 1. The van der Waals surface area contributed by atoms with Crippen molar-refractivity contribution >= 4 is 23.4 Å². The number of hydrogen-bond donors (Lipinski definition) is 0. The SMILES string of the molecule is CC(=O)C(CCCc1cccc(Cl)c1)C(=O)OCc1ccccc1. The Bertz CT molecular complexity index is 682. The second-order valence-corrected chi connectivity index (χ2v) is 6.22. The van der Waals surface area contributed by atoms with Gasteiger partial charge in [0, 0.05) is 5.02 Å². The first kappa shape index (κ1) is 18.2. The monoisotopic (exact) mass is 344 g/mol. The van der Waals surface area contributed by atoms with Crippen LogP contribution in [0.1, 0.15) is 30.9 Å². The number of halogens is 1. The summed E-state index contributed by atoms with van der Waals surface area (Å²) in [7, 11) is 0. The zero-order chi connectivity index (χ0) is 17.4. The number of hydrogen-bond acceptors (Lipinski definition) is 3. The lowest BCUT2D eigenvalue weighted by Crippen LogP contribution is -2.24. The van der Waals surface area contributed by atoms with Crippen LogP contribution in [0.4, 0.5) is 0 Å². The Morgan fingerprint density at radius 1 is 1.04 bits per heavy atom. The number of rotatable bonds is 8. The Morgan fingerprint density at radius 2 is 1.75 bits per heavy atom. The van der Waals surface area contributed by atoms with Gasteiger partial charge < -0.3 is 4.74 Å². The molecular weight excluding hydrogens is 324 g/mol. The standard InChI is InChI=1S/C20H21ClO3/c1-15(22)19(12-6-10-16-9-5-11-18(21)13-16)20(23)24-14-17-7-3-2-4-8-17/h2-5,7-9,11,13,19H,6,10,12,14H2,1H3. The van der Waals surface area contributed by atoms with Crippen LogP contribution in [0.3, 0.4) is 0 Å². The predicted molar refractivity (Wildman–Crippen MR) is 94.8 cm³/mol. The van der Waals surface area contributed by atoms with Gasteiger partial charge >= 0.3 is 5.97 Å². The molecule has 126 valence electrons. The van der Waals surface area contributed by atoms with Gasteiger partial charge in [0.1, 0.15) is 18.3 Å². The second-order valence-electron chi connectivity index (χ2n) is 5.78. The number of carbonyl (C=O) groups excluding carboxylic acids is 2. The van der Waals surface area contributed by atoms with Gasteiger partial charge in [-0.25, -0.2) is 0 Å². The Morgan fingerprint density at radius 3 is 2.42 bits per heavy atom. The van der Waals surface area contributed by atoms with E-state index in [0.717, 1.165) is 24.0 Å². The van der Waals surface area contributed by atoms with E-state index in [4.69, 9.17) is 16.3 Å². The van der Waals surface area contributed by atoms with Crippen LogP contribution in [0.5, 0.6) is 0 Å². The van der Waals surface area contributed by atoms with Gasteiger partial charge in [-0.2, -0.15) is 0 Å². The van der Waals surface area contributed by atoms with Crippen LogP contribution in [0.2, 0.25) is 5.02 Å². The van der Waals surface area contributed by atoms with Crippen molar-refractivity contribution in [3.05, 3.63) is 70.7 Å². The molecule has 0 heterocycles. The van der Waals surface area contributed by atoms with Crippen molar-refractivity contribution in [2.45, 2.75) is 32.8 Å². The third-order valence-electron chi connectivity index (χ3n) is 3.85. The molecule has 24 heavy (non-hydrogen) atoms. The fraction of sp³-hybridized carbons (Fsp3) is 0.300. The molecule has 3 nitrogen and oxygen atoms in total. The maximum Gasteiger partial charge on any atom is 0.316 e. The minimum atomic E-state index is -0.701. The Balaban J connectivity index is 1.84. The normalized spacial score (nSPS) is 11.8. The van der Waals surface area contributed by atoms with Gasteiger partial charge in [-0.3, -0.25) is 9.59 Å². The second kappa shape index (κ2) is 9.24. The van der Waals surface area contributed by atoms with Crippen molar-refractivity contribution in [2.24, 2.45) is 5.92 Å². The molecule has 2 aromatic rings. The summed E-state index contributed by atoms with van der Waals surface area (Å²) in [6, 6.07) is 17.1. The molecule has 1 unspecified atom stereocenters. The molecule has 0 aromatic heterocycles. The summed E-state index contributed by atoms with van der Waals surface area (Å²) in [5, 5.41) is 0.692. The summed E-state index contributed by atoms with van der Waals surface area (Å²) in [5.41, 5.74) is 2.01. The third-order valence-corrected chi connectivity index (χ3v) is 4.08. The summed E-state index contributed by atoms with van der Waals surface area (Å²) in [6.45, 7) is 1.63. The first-order valence-corrected chi connectivity index (χ1v) is 8.39. The van der Waals surface area contributed by atoms with E-state index in [1.165, 1.54) is 6.92 Å². The van der Waals surface area contributed by atoms with Crippen LogP contribution < -0.4 is 0 Å². The number of ether oxygens (including phenoxy) is 1. The molecule has 0 bridgehead atoms. The molecule has 0 radical (unpaired) electrons. The molecule has 2 rings (SSSR count). The van der Waals surface area contributed by atoms with Gasteiger partial charge in [-0.15, -0.1) is 0 Å². The Hall–Kier alpha value is -2.13. The molecule has 2 aromatic carbocycles. The van der Waals surface area contributed by atoms with Crippen LogP contribution in [0, 0.1) is 5.92 Å². The van der Waals surface area contributed by atoms with E-state index in [0.29, 0.717) is 11.4 Å². The maximum atomic E-state index is 12.2. The lowest BCUT2D eigenvalue weighted by Gasteiger charge is -2.13. The predicted octanol–water partition coefficient (Wildman–Crippen LogP) is 4.61. The molecule has 0 fully saturated rings. The average molecular weight is 345 g/mol. The van der Waals surface area contributed by atoms with Gasteiger partial charge in [-0.1, -0.05) is 54.1 Å². The third kappa shape index (κ3) is 5.82. The summed E-state index contributed by atoms with van der Waals surface area (Å²) < 4.78 is 5.29. The van der Waals surface area contributed by atoms with Gasteiger partial charge in [0.2, 0.25) is 0 Å². The molecule has 0 saturated heterocycles.